The second-order valence-corrected chi connectivity index (χ2v) is 4.34. The zero-order chi connectivity index (χ0) is 12.0. The van der Waals surface area contributed by atoms with Crippen LogP contribution in [0.2, 0.25) is 0 Å². The van der Waals surface area contributed by atoms with Crippen molar-refractivity contribution in [1.29, 1.82) is 0 Å². The number of likely N-dealkylation sites (N-methyl/N-ethyl adjacent to an activating group) is 1. The van der Waals surface area contributed by atoms with E-state index in [4.69, 9.17) is 15.2 Å². The maximum absolute atomic E-state index is 11.6. The van der Waals surface area contributed by atoms with Crippen LogP contribution >= 0.6 is 0 Å². The summed E-state index contributed by atoms with van der Waals surface area (Å²) in [4.78, 5) is 13.2. The van der Waals surface area contributed by atoms with E-state index in [1.165, 1.54) is 20.0 Å². The van der Waals surface area contributed by atoms with Gasteiger partial charge in [-0.1, -0.05) is 0 Å². The van der Waals surface area contributed by atoms with Gasteiger partial charge in [0.2, 0.25) is 5.91 Å². The average molecular weight is 230 g/mol. The van der Waals surface area contributed by atoms with Crippen LogP contribution in [0.5, 0.6) is 0 Å². The third kappa shape index (κ3) is 4.92. The molecule has 5 heteroatoms. The van der Waals surface area contributed by atoms with E-state index < -0.39 is 6.04 Å². The maximum Gasteiger partial charge on any atom is 0.241 e. The second kappa shape index (κ2) is 6.83. The topological polar surface area (TPSA) is 64.8 Å². The van der Waals surface area contributed by atoms with Gasteiger partial charge in [-0.2, -0.15) is 0 Å². The number of carbonyl (C=O) groups excluding carboxylic acids is 1. The van der Waals surface area contributed by atoms with Crippen molar-refractivity contribution in [2.24, 2.45) is 11.7 Å². The molecule has 0 radical (unpaired) electrons. The van der Waals surface area contributed by atoms with Crippen molar-refractivity contribution < 1.29 is 14.3 Å². The number of hydrogen-bond acceptors (Lipinski definition) is 4. The quantitative estimate of drug-likeness (QED) is 0.589. The molecule has 0 bridgehead atoms. The molecule has 1 amide bonds. The van der Waals surface area contributed by atoms with Crippen LogP contribution in [0.4, 0.5) is 0 Å². The summed E-state index contributed by atoms with van der Waals surface area (Å²) >= 11 is 0. The third-order valence-electron chi connectivity index (χ3n) is 2.66. The molecule has 1 rings (SSSR count). The summed E-state index contributed by atoms with van der Waals surface area (Å²) in [6.07, 6.45) is 2.57. The molecule has 0 aromatic carbocycles. The Kier molecular flexibility index (Phi) is 5.73. The number of nitrogens with two attached hydrogens (primary N) is 1. The number of methoxy groups -OCH3 is 1. The molecule has 1 fully saturated rings. The first kappa shape index (κ1) is 13.4. The van der Waals surface area contributed by atoms with Gasteiger partial charge >= 0.3 is 0 Å². The Morgan fingerprint density at radius 1 is 1.56 bits per heavy atom. The molecule has 16 heavy (non-hydrogen) atoms. The molecule has 1 saturated carbocycles. The number of ether oxygens (including phenoxy) is 2. The Morgan fingerprint density at radius 3 is 2.81 bits per heavy atom. The Bertz CT molecular complexity index is 219. The van der Waals surface area contributed by atoms with Crippen LogP contribution in [0.25, 0.3) is 0 Å². The fraction of sp³-hybridized carbons (Fsp3) is 0.909. The zero-order valence-electron chi connectivity index (χ0n) is 10.1. The van der Waals surface area contributed by atoms with Crippen molar-refractivity contribution in [3.63, 3.8) is 0 Å². The molecule has 94 valence electrons. The van der Waals surface area contributed by atoms with Crippen LogP contribution in [0.3, 0.4) is 0 Å². The monoisotopic (exact) mass is 230 g/mol. The van der Waals surface area contributed by atoms with Gasteiger partial charge in [-0.15, -0.1) is 0 Å². The molecule has 1 aliphatic rings. The fourth-order valence-electron chi connectivity index (χ4n) is 1.38. The molecule has 0 saturated heterocycles. The smallest absolute Gasteiger partial charge is 0.241 e. The molecular weight excluding hydrogens is 208 g/mol. The molecule has 0 aromatic rings. The van der Waals surface area contributed by atoms with E-state index in [1.54, 1.807) is 11.9 Å². The Morgan fingerprint density at radius 2 is 2.25 bits per heavy atom. The molecule has 5 nitrogen and oxygen atoms in total. The Hall–Kier alpha value is -0.650. The summed E-state index contributed by atoms with van der Waals surface area (Å²) in [5.41, 5.74) is 5.63. The number of hydrogen-bond donors (Lipinski definition) is 1. The largest absolute Gasteiger partial charge is 0.383 e. The van der Waals surface area contributed by atoms with E-state index in [-0.39, 0.29) is 12.5 Å². The van der Waals surface area contributed by atoms with Crippen molar-refractivity contribution in [2.45, 2.75) is 18.9 Å². The first-order valence-electron chi connectivity index (χ1n) is 5.72. The first-order chi connectivity index (χ1) is 7.65. The minimum Gasteiger partial charge on any atom is -0.383 e. The van der Waals surface area contributed by atoms with Crippen LogP contribution in [-0.2, 0) is 14.3 Å². The highest BCUT2D eigenvalue weighted by Crippen LogP contribution is 2.28. The van der Waals surface area contributed by atoms with Gasteiger partial charge < -0.3 is 20.1 Å². The van der Waals surface area contributed by atoms with Crippen molar-refractivity contribution in [3.05, 3.63) is 0 Å². The SMILES string of the molecule is COCC(N)C(=O)N(C)CCOCC1CC1. The normalized spacial score (nSPS) is 17.2. The molecule has 0 heterocycles. The third-order valence-corrected chi connectivity index (χ3v) is 2.66. The van der Waals surface area contributed by atoms with Gasteiger partial charge in [0.25, 0.3) is 0 Å². The van der Waals surface area contributed by atoms with Gasteiger partial charge in [0.15, 0.2) is 0 Å². The molecule has 0 spiro atoms. The van der Waals surface area contributed by atoms with Gasteiger partial charge in [-0.3, -0.25) is 4.79 Å². The van der Waals surface area contributed by atoms with Crippen LogP contribution in [0.1, 0.15) is 12.8 Å². The number of carbonyl (C=O) groups is 1. The second-order valence-electron chi connectivity index (χ2n) is 4.34. The van der Waals surface area contributed by atoms with Gasteiger partial charge in [-0.25, -0.2) is 0 Å². The lowest BCUT2D eigenvalue weighted by atomic mass is 10.3. The van der Waals surface area contributed by atoms with Crippen LogP contribution in [0, 0.1) is 5.92 Å². The highest BCUT2D eigenvalue weighted by atomic mass is 16.5. The highest BCUT2D eigenvalue weighted by molar-refractivity contribution is 5.81. The number of nitrogens with zero attached hydrogens (tertiary/aromatic N) is 1. The van der Waals surface area contributed by atoms with Crippen LogP contribution in [-0.4, -0.2) is 57.4 Å². The van der Waals surface area contributed by atoms with Gasteiger partial charge in [0.05, 0.1) is 13.2 Å². The number of amides is 1. The molecule has 1 atom stereocenters. The molecule has 2 N–H and O–H groups in total. The first-order valence-corrected chi connectivity index (χ1v) is 5.72. The van der Waals surface area contributed by atoms with Gasteiger partial charge in [0, 0.05) is 27.3 Å². The van der Waals surface area contributed by atoms with Gasteiger partial charge in [0.1, 0.15) is 6.04 Å². The minimum atomic E-state index is -0.571. The summed E-state index contributed by atoms with van der Waals surface area (Å²) in [5, 5.41) is 0. The Balaban J connectivity index is 2.06. The van der Waals surface area contributed by atoms with Crippen molar-refractivity contribution >= 4 is 5.91 Å². The van der Waals surface area contributed by atoms with Crippen molar-refractivity contribution in [1.82, 2.24) is 4.90 Å². The maximum atomic E-state index is 11.6. The lowest BCUT2D eigenvalue weighted by molar-refractivity contribution is -0.133. The van der Waals surface area contributed by atoms with E-state index in [9.17, 15) is 4.79 Å². The summed E-state index contributed by atoms with van der Waals surface area (Å²) in [6, 6.07) is -0.571. The summed E-state index contributed by atoms with van der Waals surface area (Å²) in [6.45, 7) is 2.25. The Labute approximate surface area is 96.9 Å². The predicted molar refractivity (Wildman–Crippen MR) is 61.0 cm³/mol. The van der Waals surface area contributed by atoms with Gasteiger partial charge in [-0.05, 0) is 18.8 Å². The van der Waals surface area contributed by atoms with E-state index in [1.807, 2.05) is 0 Å². The summed E-state index contributed by atoms with van der Waals surface area (Å²) < 4.78 is 10.3. The van der Waals surface area contributed by atoms with Crippen molar-refractivity contribution in [2.75, 3.05) is 40.5 Å². The molecule has 1 unspecified atom stereocenters. The number of rotatable bonds is 8. The zero-order valence-corrected chi connectivity index (χ0v) is 10.1. The minimum absolute atomic E-state index is 0.100. The molecular formula is C11H22N2O3. The average Bonchev–Trinajstić information content (AvgIpc) is 3.07. The molecule has 0 aromatic heterocycles. The summed E-state index contributed by atoms with van der Waals surface area (Å²) in [5.74, 6) is 0.661. The summed E-state index contributed by atoms with van der Waals surface area (Å²) in [7, 11) is 3.27. The standard InChI is InChI=1S/C11H22N2O3/c1-13(11(14)10(12)8-15-2)5-6-16-7-9-3-4-9/h9-10H,3-8,12H2,1-2H3. The van der Waals surface area contributed by atoms with E-state index in [0.717, 1.165) is 12.5 Å². The highest BCUT2D eigenvalue weighted by Gasteiger charge is 2.21. The van der Waals surface area contributed by atoms with E-state index >= 15 is 0 Å². The van der Waals surface area contributed by atoms with Crippen molar-refractivity contribution in [3.8, 4) is 0 Å². The fourth-order valence-corrected chi connectivity index (χ4v) is 1.38. The van der Waals surface area contributed by atoms with E-state index in [0.29, 0.717) is 13.2 Å². The van der Waals surface area contributed by atoms with E-state index in [2.05, 4.69) is 0 Å². The van der Waals surface area contributed by atoms with Crippen LogP contribution in [0.15, 0.2) is 0 Å². The molecule has 1 aliphatic carbocycles. The molecule has 0 aliphatic heterocycles. The predicted octanol–water partition coefficient (Wildman–Crippen LogP) is -0.155. The lowest BCUT2D eigenvalue weighted by Gasteiger charge is -2.20. The van der Waals surface area contributed by atoms with Crippen LogP contribution < -0.4 is 5.73 Å². The lowest BCUT2D eigenvalue weighted by Crippen LogP contribution is -2.45.